The molecule has 2 heterocycles. The molecule has 0 aliphatic carbocycles. The molecule has 0 aliphatic rings. The smallest absolute Gasteiger partial charge is 0.316 e. The Morgan fingerprint density at radius 3 is 2.53 bits per heavy atom. The molecule has 1 N–H and O–H groups in total. The van der Waals surface area contributed by atoms with Gasteiger partial charge in [0.25, 0.3) is 0 Å². The lowest BCUT2D eigenvalue weighted by molar-refractivity contribution is 0.217. The van der Waals surface area contributed by atoms with Crippen molar-refractivity contribution in [2.75, 3.05) is 7.11 Å². The maximum Gasteiger partial charge on any atom is 0.316 e. The van der Waals surface area contributed by atoms with Crippen molar-refractivity contribution < 1.29 is 9.84 Å². The minimum atomic E-state index is -0.769. The number of ether oxygens (including phenoxy) is 1. The minimum Gasteiger partial charge on any atom is -0.467 e. The number of aliphatic hydroxyl groups is 1. The quantitative estimate of drug-likeness (QED) is 0.861. The second-order valence-corrected chi connectivity index (χ2v) is 3.64. The number of aryl methyl sites for hydroxylation is 1. The Kier molecular flexibility index (Phi) is 3.30. The normalized spacial score (nSPS) is 12.2. The average molecular weight is 231 g/mol. The zero-order valence-corrected chi connectivity index (χ0v) is 9.66. The number of aliphatic hydroxyl groups excluding tert-OH is 1. The first-order chi connectivity index (χ1) is 8.22. The molecule has 0 spiro atoms. The number of rotatable bonds is 3. The summed E-state index contributed by atoms with van der Waals surface area (Å²) in [7, 11) is 1.50. The molecule has 0 fully saturated rings. The minimum absolute atomic E-state index is 0.281. The Morgan fingerprint density at radius 2 is 1.94 bits per heavy atom. The van der Waals surface area contributed by atoms with E-state index < -0.39 is 6.10 Å². The summed E-state index contributed by atoms with van der Waals surface area (Å²) in [6.07, 6.45) is 5.65. The molecule has 0 radical (unpaired) electrons. The summed E-state index contributed by atoms with van der Waals surface area (Å²) < 4.78 is 4.86. The zero-order valence-electron chi connectivity index (χ0n) is 9.66. The van der Waals surface area contributed by atoms with Gasteiger partial charge in [-0.3, -0.25) is 4.98 Å². The molecule has 0 amide bonds. The second kappa shape index (κ2) is 4.88. The monoisotopic (exact) mass is 231 g/mol. The molecule has 88 valence electrons. The van der Waals surface area contributed by atoms with Gasteiger partial charge in [-0.15, -0.1) is 0 Å². The number of methoxy groups -OCH3 is 1. The van der Waals surface area contributed by atoms with Gasteiger partial charge in [-0.05, 0) is 18.6 Å². The van der Waals surface area contributed by atoms with Crippen LogP contribution < -0.4 is 4.74 Å². The van der Waals surface area contributed by atoms with Crippen LogP contribution >= 0.6 is 0 Å². The molecule has 2 aromatic heterocycles. The molecule has 0 saturated carbocycles. The van der Waals surface area contributed by atoms with Crippen molar-refractivity contribution in [2.24, 2.45) is 0 Å². The predicted octanol–water partition coefficient (Wildman–Crippen LogP) is 1.27. The van der Waals surface area contributed by atoms with Crippen LogP contribution in [0.4, 0.5) is 0 Å². The fraction of sp³-hybridized carbons (Fsp3) is 0.250. The van der Waals surface area contributed by atoms with E-state index >= 15 is 0 Å². The molecule has 2 rings (SSSR count). The highest BCUT2D eigenvalue weighted by Crippen LogP contribution is 2.23. The molecule has 5 heteroatoms. The van der Waals surface area contributed by atoms with Crippen molar-refractivity contribution >= 4 is 0 Å². The molecule has 5 nitrogen and oxygen atoms in total. The van der Waals surface area contributed by atoms with Crippen LogP contribution in [0.25, 0.3) is 0 Å². The second-order valence-electron chi connectivity index (χ2n) is 3.64. The Bertz CT molecular complexity index is 499. The highest BCUT2D eigenvalue weighted by molar-refractivity contribution is 5.30. The lowest BCUT2D eigenvalue weighted by Gasteiger charge is -2.12. The van der Waals surface area contributed by atoms with Crippen LogP contribution in [0.15, 0.2) is 30.9 Å². The van der Waals surface area contributed by atoms with Gasteiger partial charge in [0.05, 0.1) is 7.11 Å². The summed E-state index contributed by atoms with van der Waals surface area (Å²) in [5, 5.41) is 10.2. The van der Waals surface area contributed by atoms with Crippen LogP contribution in [0.3, 0.4) is 0 Å². The Morgan fingerprint density at radius 1 is 1.24 bits per heavy atom. The van der Waals surface area contributed by atoms with Crippen LogP contribution in [0.2, 0.25) is 0 Å². The fourth-order valence-electron chi connectivity index (χ4n) is 1.51. The van der Waals surface area contributed by atoms with Gasteiger partial charge in [0.1, 0.15) is 6.10 Å². The molecular weight excluding hydrogens is 218 g/mol. The summed E-state index contributed by atoms with van der Waals surface area (Å²) >= 11 is 0. The average Bonchev–Trinajstić information content (AvgIpc) is 2.39. The molecule has 0 aromatic carbocycles. The first-order valence-electron chi connectivity index (χ1n) is 5.17. The van der Waals surface area contributed by atoms with Gasteiger partial charge in [-0.2, -0.15) is 0 Å². The number of pyridine rings is 1. The largest absolute Gasteiger partial charge is 0.467 e. The predicted molar refractivity (Wildman–Crippen MR) is 61.6 cm³/mol. The van der Waals surface area contributed by atoms with Crippen LogP contribution in [-0.4, -0.2) is 27.2 Å². The summed E-state index contributed by atoms with van der Waals surface area (Å²) in [5.41, 5.74) is 2.34. The standard InChI is InChI=1S/C12H13N3O2/c1-8-3-4-13-7-10(8)11(16)9-5-14-12(17-2)15-6-9/h3-7,11,16H,1-2H3. The third-order valence-electron chi connectivity index (χ3n) is 2.52. The Labute approximate surface area is 99.2 Å². The summed E-state index contributed by atoms with van der Waals surface area (Å²) in [4.78, 5) is 11.9. The topological polar surface area (TPSA) is 68.1 Å². The van der Waals surface area contributed by atoms with E-state index in [0.29, 0.717) is 5.56 Å². The van der Waals surface area contributed by atoms with Crippen molar-refractivity contribution in [3.05, 3.63) is 47.5 Å². The maximum absolute atomic E-state index is 10.2. The van der Waals surface area contributed by atoms with E-state index in [-0.39, 0.29) is 6.01 Å². The first-order valence-corrected chi connectivity index (χ1v) is 5.17. The van der Waals surface area contributed by atoms with Crippen molar-refractivity contribution in [1.29, 1.82) is 0 Å². The molecular formula is C12H13N3O2. The first kappa shape index (κ1) is 11.5. The van der Waals surface area contributed by atoms with Gasteiger partial charge in [0.15, 0.2) is 0 Å². The Hall–Kier alpha value is -2.01. The van der Waals surface area contributed by atoms with Gasteiger partial charge in [0, 0.05) is 35.9 Å². The third-order valence-corrected chi connectivity index (χ3v) is 2.52. The number of nitrogens with zero attached hydrogens (tertiary/aromatic N) is 3. The number of hydrogen-bond acceptors (Lipinski definition) is 5. The highest BCUT2D eigenvalue weighted by atomic mass is 16.5. The van der Waals surface area contributed by atoms with E-state index in [0.717, 1.165) is 11.1 Å². The van der Waals surface area contributed by atoms with E-state index in [4.69, 9.17) is 4.74 Å². The Balaban J connectivity index is 2.30. The molecule has 0 saturated heterocycles. The molecule has 0 bridgehead atoms. The van der Waals surface area contributed by atoms with E-state index in [2.05, 4.69) is 15.0 Å². The molecule has 1 atom stereocenters. The summed E-state index contributed by atoms with van der Waals surface area (Å²) in [5.74, 6) is 0. The summed E-state index contributed by atoms with van der Waals surface area (Å²) in [6.45, 7) is 1.92. The van der Waals surface area contributed by atoms with Gasteiger partial charge in [0.2, 0.25) is 0 Å². The fourth-order valence-corrected chi connectivity index (χ4v) is 1.51. The van der Waals surface area contributed by atoms with Crippen molar-refractivity contribution in [3.63, 3.8) is 0 Å². The molecule has 1 unspecified atom stereocenters. The molecule has 2 aromatic rings. The molecule has 0 aliphatic heterocycles. The lowest BCUT2D eigenvalue weighted by atomic mass is 10.0. The number of aromatic nitrogens is 3. The van der Waals surface area contributed by atoms with Crippen molar-refractivity contribution in [2.45, 2.75) is 13.0 Å². The summed E-state index contributed by atoms with van der Waals surface area (Å²) in [6, 6.07) is 2.13. The highest BCUT2D eigenvalue weighted by Gasteiger charge is 2.13. The van der Waals surface area contributed by atoms with E-state index in [1.165, 1.54) is 7.11 Å². The molecule has 17 heavy (non-hydrogen) atoms. The van der Waals surface area contributed by atoms with Gasteiger partial charge in [-0.1, -0.05) is 0 Å². The van der Waals surface area contributed by atoms with Gasteiger partial charge < -0.3 is 9.84 Å². The third kappa shape index (κ3) is 2.39. The lowest BCUT2D eigenvalue weighted by Crippen LogP contribution is -2.04. The zero-order chi connectivity index (χ0) is 12.3. The van der Waals surface area contributed by atoms with Crippen LogP contribution in [0.1, 0.15) is 22.8 Å². The maximum atomic E-state index is 10.2. The SMILES string of the molecule is COc1ncc(C(O)c2cnccc2C)cn1. The van der Waals surface area contributed by atoms with E-state index in [9.17, 15) is 5.11 Å². The van der Waals surface area contributed by atoms with E-state index in [1.807, 2.05) is 13.0 Å². The number of hydrogen-bond donors (Lipinski definition) is 1. The van der Waals surface area contributed by atoms with Crippen molar-refractivity contribution in [1.82, 2.24) is 15.0 Å². The van der Waals surface area contributed by atoms with Gasteiger partial charge >= 0.3 is 6.01 Å². The van der Waals surface area contributed by atoms with Crippen LogP contribution in [-0.2, 0) is 0 Å². The van der Waals surface area contributed by atoms with Gasteiger partial charge in [-0.25, -0.2) is 9.97 Å². The van der Waals surface area contributed by atoms with Crippen LogP contribution in [0, 0.1) is 6.92 Å². The van der Waals surface area contributed by atoms with E-state index in [1.54, 1.807) is 24.8 Å². The van der Waals surface area contributed by atoms with Crippen LogP contribution in [0.5, 0.6) is 6.01 Å². The van der Waals surface area contributed by atoms with Crippen molar-refractivity contribution in [3.8, 4) is 6.01 Å².